The monoisotopic (exact) mass is 258 g/mol. The van der Waals surface area contributed by atoms with E-state index in [-0.39, 0.29) is 6.10 Å². The third kappa shape index (κ3) is 6.69. The summed E-state index contributed by atoms with van der Waals surface area (Å²) in [6, 6.07) is 0. The zero-order valence-corrected chi connectivity index (χ0v) is 12.2. The van der Waals surface area contributed by atoms with E-state index >= 15 is 0 Å². The molecule has 4 nitrogen and oxygen atoms in total. The molecule has 0 aliphatic carbocycles. The molecule has 0 radical (unpaired) electrons. The molecule has 1 aliphatic heterocycles. The average molecular weight is 258 g/mol. The van der Waals surface area contributed by atoms with Crippen LogP contribution in [0.2, 0.25) is 0 Å². The predicted molar refractivity (Wildman–Crippen MR) is 74.8 cm³/mol. The van der Waals surface area contributed by atoms with Crippen molar-refractivity contribution in [3.63, 3.8) is 0 Å². The van der Waals surface area contributed by atoms with Crippen molar-refractivity contribution in [3.05, 3.63) is 0 Å². The van der Waals surface area contributed by atoms with Crippen LogP contribution in [0.3, 0.4) is 0 Å². The first kappa shape index (κ1) is 15.9. The number of nitrogens with one attached hydrogen (secondary N) is 1. The molecular formula is C14H30N2O2. The number of nitrogens with zero attached hydrogens (tertiary/aromatic N) is 1. The Balaban J connectivity index is 1.97. The Labute approximate surface area is 112 Å². The molecule has 0 aromatic carbocycles. The summed E-state index contributed by atoms with van der Waals surface area (Å²) in [4.78, 5) is 2.48. The van der Waals surface area contributed by atoms with E-state index in [9.17, 15) is 5.11 Å². The molecule has 18 heavy (non-hydrogen) atoms. The molecule has 1 aliphatic rings. The minimum atomic E-state index is -0.382. The summed E-state index contributed by atoms with van der Waals surface area (Å²) in [5.74, 6) is 1.28. The van der Waals surface area contributed by atoms with E-state index < -0.39 is 0 Å². The van der Waals surface area contributed by atoms with E-state index in [0.29, 0.717) is 19.1 Å². The topological polar surface area (TPSA) is 44.7 Å². The molecule has 2 atom stereocenters. The van der Waals surface area contributed by atoms with Crippen LogP contribution < -0.4 is 5.32 Å². The third-order valence-electron chi connectivity index (χ3n) is 3.39. The summed E-state index contributed by atoms with van der Waals surface area (Å²) in [5, 5.41) is 13.1. The Morgan fingerprint density at radius 2 is 2.17 bits per heavy atom. The lowest BCUT2D eigenvalue weighted by atomic mass is 10.1. The second-order valence-corrected chi connectivity index (χ2v) is 5.79. The SMILES string of the molecule is CCN1CCC(CNCC(O)COCC(C)C)C1. The van der Waals surface area contributed by atoms with Gasteiger partial charge in [-0.2, -0.15) is 0 Å². The summed E-state index contributed by atoms with van der Waals surface area (Å²) >= 11 is 0. The normalized spacial score (nSPS) is 22.8. The largest absolute Gasteiger partial charge is 0.389 e. The first-order chi connectivity index (χ1) is 8.61. The van der Waals surface area contributed by atoms with E-state index in [2.05, 4.69) is 31.0 Å². The summed E-state index contributed by atoms with van der Waals surface area (Å²) in [6.45, 7) is 12.8. The van der Waals surface area contributed by atoms with Crippen LogP contribution in [-0.2, 0) is 4.74 Å². The predicted octanol–water partition coefficient (Wildman–Crippen LogP) is 0.951. The van der Waals surface area contributed by atoms with Gasteiger partial charge in [0.15, 0.2) is 0 Å². The number of ether oxygens (including phenoxy) is 1. The van der Waals surface area contributed by atoms with Gasteiger partial charge in [0.1, 0.15) is 0 Å². The van der Waals surface area contributed by atoms with Gasteiger partial charge < -0.3 is 20.1 Å². The molecule has 4 heteroatoms. The van der Waals surface area contributed by atoms with Gasteiger partial charge in [0.05, 0.1) is 12.7 Å². The lowest BCUT2D eigenvalue weighted by molar-refractivity contribution is 0.0259. The first-order valence-electron chi connectivity index (χ1n) is 7.30. The van der Waals surface area contributed by atoms with Crippen molar-refractivity contribution in [2.45, 2.75) is 33.3 Å². The second-order valence-electron chi connectivity index (χ2n) is 5.79. The van der Waals surface area contributed by atoms with Crippen LogP contribution in [0.15, 0.2) is 0 Å². The van der Waals surface area contributed by atoms with E-state index in [0.717, 1.165) is 25.6 Å². The summed E-state index contributed by atoms with van der Waals surface area (Å²) in [5.41, 5.74) is 0. The van der Waals surface area contributed by atoms with Crippen LogP contribution >= 0.6 is 0 Å². The molecule has 0 amide bonds. The second kappa shape index (κ2) is 8.86. The minimum absolute atomic E-state index is 0.382. The molecule has 0 saturated carbocycles. The van der Waals surface area contributed by atoms with Crippen LogP contribution in [0.25, 0.3) is 0 Å². The van der Waals surface area contributed by atoms with Gasteiger partial charge in [0.2, 0.25) is 0 Å². The maximum Gasteiger partial charge on any atom is 0.0897 e. The van der Waals surface area contributed by atoms with Gasteiger partial charge >= 0.3 is 0 Å². The fraction of sp³-hybridized carbons (Fsp3) is 1.00. The zero-order chi connectivity index (χ0) is 13.4. The van der Waals surface area contributed by atoms with Gasteiger partial charge in [0, 0.05) is 19.7 Å². The van der Waals surface area contributed by atoms with Gasteiger partial charge in [-0.3, -0.25) is 0 Å². The molecule has 0 aromatic heterocycles. The van der Waals surface area contributed by atoms with E-state index in [4.69, 9.17) is 4.74 Å². The van der Waals surface area contributed by atoms with Crippen LogP contribution in [0, 0.1) is 11.8 Å². The lowest BCUT2D eigenvalue weighted by Gasteiger charge is -2.16. The number of likely N-dealkylation sites (tertiary alicyclic amines) is 1. The van der Waals surface area contributed by atoms with Crippen molar-refractivity contribution in [1.82, 2.24) is 10.2 Å². The Hall–Kier alpha value is -0.160. The van der Waals surface area contributed by atoms with Gasteiger partial charge in [-0.05, 0) is 37.9 Å². The molecule has 2 unspecified atom stereocenters. The molecule has 1 saturated heterocycles. The van der Waals surface area contributed by atoms with Crippen LogP contribution in [0.5, 0.6) is 0 Å². The Bertz CT molecular complexity index is 212. The van der Waals surface area contributed by atoms with E-state index in [1.807, 2.05) is 0 Å². The van der Waals surface area contributed by atoms with Gasteiger partial charge in [-0.25, -0.2) is 0 Å². The quantitative estimate of drug-likeness (QED) is 0.646. The Morgan fingerprint density at radius 1 is 1.39 bits per heavy atom. The summed E-state index contributed by atoms with van der Waals surface area (Å²) in [7, 11) is 0. The minimum Gasteiger partial charge on any atom is -0.389 e. The summed E-state index contributed by atoms with van der Waals surface area (Å²) in [6.07, 6.45) is 0.897. The molecule has 0 aromatic rings. The van der Waals surface area contributed by atoms with Crippen molar-refractivity contribution in [1.29, 1.82) is 0 Å². The average Bonchev–Trinajstić information content (AvgIpc) is 2.76. The molecule has 1 fully saturated rings. The molecule has 2 N–H and O–H groups in total. The van der Waals surface area contributed by atoms with Crippen LogP contribution in [0.1, 0.15) is 27.2 Å². The van der Waals surface area contributed by atoms with E-state index in [1.165, 1.54) is 19.5 Å². The number of aliphatic hydroxyl groups excluding tert-OH is 1. The summed E-state index contributed by atoms with van der Waals surface area (Å²) < 4.78 is 5.42. The number of hydrogen-bond acceptors (Lipinski definition) is 4. The molecule has 0 spiro atoms. The lowest BCUT2D eigenvalue weighted by Crippen LogP contribution is -2.34. The highest BCUT2D eigenvalue weighted by Crippen LogP contribution is 2.14. The van der Waals surface area contributed by atoms with Crippen molar-refractivity contribution >= 4 is 0 Å². The first-order valence-corrected chi connectivity index (χ1v) is 7.30. The Kier molecular flexibility index (Phi) is 7.82. The Morgan fingerprint density at radius 3 is 2.78 bits per heavy atom. The molecule has 1 rings (SSSR count). The molecule has 0 bridgehead atoms. The van der Waals surface area contributed by atoms with Crippen molar-refractivity contribution < 1.29 is 9.84 Å². The fourth-order valence-electron chi connectivity index (χ4n) is 2.32. The highest BCUT2D eigenvalue weighted by molar-refractivity contribution is 4.76. The van der Waals surface area contributed by atoms with Crippen molar-refractivity contribution in [2.24, 2.45) is 11.8 Å². The number of aliphatic hydroxyl groups is 1. The smallest absolute Gasteiger partial charge is 0.0897 e. The van der Waals surface area contributed by atoms with Gasteiger partial charge in [-0.1, -0.05) is 20.8 Å². The van der Waals surface area contributed by atoms with Gasteiger partial charge in [-0.15, -0.1) is 0 Å². The highest BCUT2D eigenvalue weighted by Gasteiger charge is 2.20. The zero-order valence-electron chi connectivity index (χ0n) is 12.2. The molecular weight excluding hydrogens is 228 g/mol. The van der Waals surface area contributed by atoms with Crippen LogP contribution in [0.4, 0.5) is 0 Å². The highest BCUT2D eigenvalue weighted by atomic mass is 16.5. The van der Waals surface area contributed by atoms with E-state index in [1.54, 1.807) is 0 Å². The molecule has 108 valence electrons. The number of hydrogen-bond donors (Lipinski definition) is 2. The maximum atomic E-state index is 9.74. The van der Waals surface area contributed by atoms with Crippen LogP contribution in [-0.4, -0.2) is 62.0 Å². The van der Waals surface area contributed by atoms with Gasteiger partial charge in [0.25, 0.3) is 0 Å². The molecule has 1 heterocycles. The fourth-order valence-corrected chi connectivity index (χ4v) is 2.32. The van der Waals surface area contributed by atoms with Crippen molar-refractivity contribution in [3.8, 4) is 0 Å². The number of rotatable bonds is 9. The maximum absolute atomic E-state index is 9.74. The third-order valence-corrected chi connectivity index (χ3v) is 3.39. The van der Waals surface area contributed by atoms with Crippen molar-refractivity contribution in [2.75, 3.05) is 45.9 Å². The standard InChI is InChI=1S/C14H30N2O2/c1-4-16-6-5-13(9-16)7-15-8-14(17)11-18-10-12(2)3/h12-15,17H,4-11H2,1-3H3.